The quantitative estimate of drug-likeness (QED) is 0.405. The second-order valence-electron chi connectivity index (χ2n) is 6.50. The molecule has 0 bridgehead atoms. The van der Waals surface area contributed by atoms with Gasteiger partial charge in [-0.1, -0.05) is 0 Å². The summed E-state index contributed by atoms with van der Waals surface area (Å²) in [5.74, 6) is 1.78. The van der Waals surface area contributed by atoms with Crippen LogP contribution in [0.2, 0.25) is 0 Å². The van der Waals surface area contributed by atoms with Crippen molar-refractivity contribution in [3.05, 3.63) is 24.0 Å². The Kier molecular flexibility index (Phi) is 7.14. The predicted molar refractivity (Wildman–Crippen MR) is 108 cm³/mol. The summed E-state index contributed by atoms with van der Waals surface area (Å²) >= 11 is 0. The van der Waals surface area contributed by atoms with Gasteiger partial charge in [-0.05, 0) is 31.9 Å². The molecular weight excluding hydrogens is 376 g/mol. The van der Waals surface area contributed by atoms with Crippen LogP contribution >= 0.6 is 0 Å². The highest BCUT2D eigenvalue weighted by Crippen LogP contribution is 2.25. The number of anilines is 1. The highest BCUT2D eigenvalue weighted by atomic mass is 16.5. The highest BCUT2D eigenvalue weighted by molar-refractivity contribution is 5.84. The van der Waals surface area contributed by atoms with Crippen molar-refractivity contribution in [2.75, 3.05) is 45.3 Å². The van der Waals surface area contributed by atoms with E-state index in [1.807, 2.05) is 29.5 Å². The molecular formula is C19H26N6O4. The number of ether oxygens (including phenoxy) is 2. The van der Waals surface area contributed by atoms with Crippen LogP contribution in [0.15, 0.2) is 18.2 Å². The molecule has 0 aliphatic carbocycles. The molecule has 3 rings (SSSR count). The number of methoxy groups -OCH3 is 1. The molecule has 0 atom stereocenters. The summed E-state index contributed by atoms with van der Waals surface area (Å²) in [7, 11) is 1.63. The number of nitrogens with one attached hydrogen (secondary N) is 2. The molecule has 0 fully saturated rings. The number of hydrogen-bond donors (Lipinski definition) is 3. The smallest absolute Gasteiger partial charge is 0.245 e. The number of aryl methyl sites for hydroxylation is 1. The number of nitrogens with zero attached hydrogens (tertiary/aromatic N) is 4. The number of benzene rings is 1. The third-order valence-electron chi connectivity index (χ3n) is 4.37. The fraction of sp³-hybridized carbons (Fsp3) is 0.474. The van der Waals surface area contributed by atoms with Crippen LogP contribution < -0.4 is 15.4 Å². The van der Waals surface area contributed by atoms with E-state index in [-0.39, 0.29) is 5.91 Å². The first-order chi connectivity index (χ1) is 14.1. The van der Waals surface area contributed by atoms with Crippen molar-refractivity contribution in [3.8, 4) is 5.75 Å². The van der Waals surface area contributed by atoms with Crippen molar-refractivity contribution in [2.45, 2.75) is 19.8 Å². The number of carbonyl (C=O) groups is 1. The zero-order chi connectivity index (χ0) is 20.6. The molecule has 3 aromatic rings. The molecule has 0 aliphatic rings. The Morgan fingerprint density at radius 3 is 2.83 bits per heavy atom. The van der Waals surface area contributed by atoms with E-state index in [9.17, 15) is 4.79 Å². The van der Waals surface area contributed by atoms with Gasteiger partial charge in [0.15, 0.2) is 5.82 Å². The summed E-state index contributed by atoms with van der Waals surface area (Å²) in [6.45, 7) is 3.58. The maximum Gasteiger partial charge on any atom is 0.245 e. The average molecular weight is 402 g/mol. The molecule has 0 aliphatic heterocycles. The number of rotatable bonds is 11. The minimum Gasteiger partial charge on any atom is -0.491 e. The van der Waals surface area contributed by atoms with Crippen molar-refractivity contribution in [1.29, 1.82) is 0 Å². The van der Waals surface area contributed by atoms with E-state index in [1.165, 1.54) is 0 Å². The second-order valence-corrected chi connectivity index (χ2v) is 6.50. The molecule has 1 aromatic carbocycles. The largest absolute Gasteiger partial charge is 0.491 e. The summed E-state index contributed by atoms with van der Waals surface area (Å²) in [6, 6.07) is 5.73. The van der Waals surface area contributed by atoms with E-state index in [4.69, 9.17) is 19.6 Å². The lowest BCUT2D eigenvalue weighted by molar-refractivity contribution is -0.123. The molecule has 0 saturated heterocycles. The van der Waals surface area contributed by atoms with E-state index < -0.39 is 6.61 Å². The van der Waals surface area contributed by atoms with Crippen LogP contribution in [0.4, 0.5) is 5.82 Å². The first-order valence-corrected chi connectivity index (χ1v) is 9.52. The Balaban J connectivity index is 1.74. The lowest BCUT2D eigenvalue weighted by Gasteiger charge is -2.11. The minimum absolute atomic E-state index is 0.363. The second kappa shape index (κ2) is 9.99. The fourth-order valence-electron chi connectivity index (χ4n) is 2.95. The first-order valence-electron chi connectivity index (χ1n) is 9.52. The van der Waals surface area contributed by atoms with Crippen LogP contribution in [0.3, 0.4) is 0 Å². The summed E-state index contributed by atoms with van der Waals surface area (Å²) < 4.78 is 12.7. The molecule has 0 radical (unpaired) electrons. The zero-order valence-corrected chi connectivity index (χ0v) is 16.6. The highest BCUT2D eigenvalue weighted by Gasteiger charge is 2.13. The molecule has 1 amide bonds. The third-order valence-corrected chi connectivity index (χ3v) is 4.37. The van der Waals surface area contributed by atoms with Crippen molar-refractivity contribution < 1.29 is 19.4 Å². The molecule has 3 N–H and O–H groups in total. The van der Waals surface area contributed by atoms with E-state index in [0.717, 1.165) is 35.4 Å². The van der Waals surface area contributed by atoms with E-state index in [1.54, 1.807) is 7.11 Å². The number of fused-ring (bicyclic) bond motifs is 3. The number of hydrogen-bond acceptors (Lipinski definition) is 8. The number of carbonyl (C=O) groups excluding carboxylic acids is 1. The lowest BCUT2D eigenvalue weighted by atomic mass is 10.2. The summed E-state index contributed by atoms with van der Waals surface area (Å²) in [6.07, 6.45) is 1.61. The molecule has 10 heteroatoms. The lowest BCUT2D eigenvalue weighted by Crippen LogP contribution is -2.27. The molecule has 2 aromatic heterocycles. The SMILES string of the molecule is COCCOc1ccc2c(c1)nc(NCCCCNC(=O)CO)c1nnc(C)n12. The Hall–Kier alpha value is -2.98. The van der Waals surface area contributed by atoms with Crippen molar-refractivity contribution in [1.82, 2.24) is 24.9 Å². The van der Waals surface area contributed by atoms with E-state index in [2.05, 4.69) is 20.8 Å². The van der Waals surface area contributed by atoms with Gasteiger partial charge in [-0.25, -0.2) is 4.98 Å². The standard InChI is InChI=1S/C19H26N6O4/c1-13-23-24-19-18(21-8-4-3-7-20-17(27)12-26)22-15-11-14(29-10-9-28-2)5-6-16(15)25(13)19/h5-6,11,26H,3-4,7-10,12H2,1-2H3,(H,20,27)(H,21,22). The molecule has 0 saturated carbocycles. The van der Waals surface area contributed by atoms with Gasteiger partial charge in [0, 0.05) is 26.3 Å². The van der Waals surface area contributed by atoms with E-state index in [0.29, 0.717) is 37.8 Å². The van der Waals surface area contributed by atoms with Crippen molar-refractivity contribution in [3.63, 3.8) is 0 Å². The maximum atomic E-state index is 11.0. The number of amides is 1. The number of aliphatic hydroxyl groups excluding tert-OH is 1. The van der Waals surface area contributed by atoms with Gasteiger partial charge in [-0.2, -0.15) is 0 Å². The van der Waals surface area contributed by atoms with Crippen LogP contribution in [-0.4, -0.2) is 70.6 Å². The van der Waals surface area contributed by atoms with Gasteiger partial charge in [0.1, 0.15) is 24.8 Å². The predicted octanol–water partition coefficient (Wildman–Crippen LogP) is 0.912. The molecule has 2 heterocycles. The summed E-state index contributed by atoms with van der Waals surface area (Å²) in [4.78, 5) is 15.7. The zero-order valence-electron chi connectivity index (χ0n) is 16.6. The maximum absolute atomic E-state index is 11.0. The molecule has 0 unspecified atom stereocenters. The number of unbranched alkanes of at least 4 members (excludes halogenated alkanes) is 1. The minimum atomic E-state index is -0.485. The van der Waals surface area contributed by atoms with Gasteiger partial charge in [0.2, 0.25) is 11.6 Å². The average Bonchev–Trinajstić information content (AvgIpc) is 3.12. The molecule has 156 valence electrons. The van der Waals surface area contributed by atoms with Crippen LogP contribution in [0.1, 0.15) is 18.7 Å². The van der Waals surface area contributed by atoms with Gasteiger partial charge in [-0.3, -0.25) is 9.20 Å². The van der Waals surface area contributed by atoms with Crippen LogP contribution in [0.25, 0.3) is 16.7 Å². The first kappa shape index (κ1) is 20.7. The fourth-order valence-corrected chi connectivity index (χ4v) is 2.95. The Morgan fingerprint density at radius 1 is 1.21 bits per heavy atom. The van der Waals surface area contributed by atoms with Crippen LogP contribution in [0.5, 0.6) is 5.75 Å². The molecule has 10 nitrogen and oxygen atoms in total. The number of aliphatic hydroxyl groups is 1. The van der Waals surface area contributed by atoms with Crippen molar-refractivity contribution >= 4 is 28.4 Å². The van der Waals surface area contributed by atoms with Crippen LogP contribution in [0, 0.1) is 6.92 Å². The van der Waals surface area contributed by atoms with Gasteiger partial charge >= 0.3 is 0 Å². The van der Waals surface area contributed by atoms with Gasteiger partial charge in [0.25, 0.3) is 0 Å². The molecule has 0 spiro atoms. The molecule has 29 heavy (non-hydrogen) atoms. The number of aromatic nitrogens is 4. The summed E-state index contributed by atoms with van der Waals surface area (Å²) in [5, 5.41) is 23.1. The van der Waals surface area contributed by atoms with Gasteiger partial charge in [0.05, 0.1) is 17.6 Å². The summed E-state index contributed by atoms with van der Waals surface area (Å²) in [5.41, 5.74) is 2.34. The van der Waals surface area contributed by atoms with Crippen molar-refractivity contribution in [2.24, 2.45) is 0 Å². The monoisotopic (exact) mass is 402 g/mol. The third kappa shape index (κ3) is 5.09. The Labute approximate surface area is 168 Å². The Morgan fingerprint density at radius 2 is 2.03 bits per heavy atom. The van der Waals surface area contributed by atoms with E-state index >= 15 is 0 Å². The Bertz CT molecular complexity index is 974. The normalized spacial score (nSPS) is 11.1. The van der Waals surface area contributed by atoms with Crippen LogP contribution in [-0.2, 0) is 9.53 Å². The topological polar surface area (TPSA) is 123 Å². The van der Waals surface area contributed by atoms with Gasteiger partial charge < -0.3 is 25.2 Å². The van der Waals surface area contributed by atoms with Gasteiger partial charge in [-0.15, -0.1) is 10.2 Å².